The second-order valence-electron chi connectivity index (χ2n) is 5.15. The number of amides is 1. The van der Waals surface area contributed by atoms with Crippen LogP contribution in [0.4, 0.5) is 0 Å². The molecule has 0 unspecified atom stereocenters. The van der Waals surface area contributed by atoms with Crippen LogP contribution in [0.3, 0.4) is 0 Å². The van der Waals surface area contributed by atoms with Crippen LogP contribution < -0.4 is 10.6 Å². The van der Waals surface area contributed by atoms with Crippen molar-refractivity contribution in [1.82, 2.24) is 15.5 Å². The molecule has 1 rings (SSSR count). The van der Waals surface area contributed by atoms with E-state index in [2.05, 4.69) is 22.5 Å². The highest BCUT2D eigenvalue weighted by molar-refractivity contribution is 6.31. The molecule has 0 atom stereocenters. The number of rotatable bonds is 7. The first-order valence-electron chi connectivity index (χ1n) is 7.50. The summed E-state index contributed by atoms with van der Waals surface area (Å²) in [7, 11) is 3.45. The van der Waals surface area contributed by atoms with Gasteiger partial charge in [-0.2, -0.15) is 0 Å². The van der Waals surface area contributed by atoms with Crippen LogP contribution >= 0.6 is 11.6 Å². The van der Waals surface area contributed by atoms with Crippen LogP contribution in [0.15, 0.2) is 29.3 Å². The lowest BCUT2D eigenvalue weighted by Crippen LogP contribution is -2.39. The molecule has 6 heteroatoms. The van der Waals surface area contributed by atoms with E-state index in [4.69, 9.17) is 11.6 Å². The second-order valence-corrected chi connectivity index (χ2v) is 5.56. The minimum atomic E-state index is -0.0243. The Bertz CT molecular complexity index is 503. The van der Waals surface area contributed by atoms with E-state index < -0.39 is 0 Å². The molecule has 0 fully saturated rings. The van der Waals surface area contributed by atoms with Crippen molar-refractivity contribution in [3.63, 3.8) is 0 Å². The number of aliphatic imine (C=N–C) groups is 1. The molecular formula is C16H25ClN4O. The largest absolute Gasteiger partial charge is 0.356 e. The third kappa shape index (κ3) is 6.80. The minimum Gasteiger partial charge on any atom is -0.356 e. The van der Waals surface area contributed by atoms with Gasteiger partial charge in [0.1, 0.15) is 6.54 Å². The zero-order valence-electron chi connectivity index (χ0n) is 13.5. The Kier molecular flexibility index (Phi) is 8.36. The average molecular weight is 325 g/mol. The van der Waals surface area contributed by atoms with Crippen LogP contribution in [0.2, 0.25) is 5.02 Å². The average Bonchev–Trinajstić information content (AvgIpc) is 2.50. The molecule has 0 saturated carbocycles. The van der Waals surface area contributed by atoms with Crippen LogP contribution in [-0.4, -0.2) is 50.5 Å². The number of carbonyl (C=O) groups excluding carboxylic acids is 1. The molecule has 0 bridgehead atoms. The number of hydrogen-bond donors (Lipinski definition) is 2. The maximum atomic E-state index is 11.6. The molecule has 0 heterocycles. The monoisotopic (exact) mass is 324 g/mol. The Labute approximate surface area is 137 Å². The highest BCUT2D eigenvalue weighted by Gasteiger charge is 2.04. The van der Waals surface area contributed by atoms with Gasteiger partial charge in [-0.05, 0) is 24.5 Å². The predicted octanol–water partition coefficient (Wildman–Crippen LogP) is 1.92. The quantitative estimate of drug-likeness (QED) is 0.595. The number of benzene rings is 1. The summed E-state index contributed by atoms with van der Waals surface area (Å²) in [6.45, 7) is 3.74. The van der Waals surface area contributed by atoms with Gasteiger partial charge in [0.05, 0.1) is 0 Å². The first-order valence-corrected chi connectivity index (χ1v) is 7.88. The van der Waals surface area contributed by atoms with Crippen LogP contribution in [0, 0.1) is 0 Å². The SMILES string of the molecule is CCCNC(=NCC(=O)N(C)C)NCCc1ccccc1Cl. The summed E-state index contributed by atoms with van der Waals surface area (Å²) in [5, 5.41) is 7.20. The fourth-order valence-electron chi connectivity index (χ4n) is 1.72. The van der Waals surface area contributed by atoms with E-state index in [0.717, 1.165) is 30.0 Å². The summed E-state index contributed by atoms with van der Waals surface area (Å²) in [4.78, 5) is 17.4. The van der Waals surface area contributed by atoms with E-state index in [9.17, 15) is 4.79 Å². The van der Waals surface area contributed by atoms with Gasteiger partial charge in [-0.1, -0.05) is 36.7 Å². The highest BCUT2D eigenvalue weighted by atomic mass is 35.5. The van der Waals surface area contributed by atoms with Gasteiger partial charge in [-0.3, -0.25) is 4.79 Å². The fraction of sp³-hybridized carbons (Fsp3) is 0.500. The molecule has 0 aliphatic rings. The molecule has 1 aromatic carbocycles. The normalized spacial score (nSPS) is 11.2. The van der Waals surface area contributed by atoms with E-state index in [-0.39, 0.29) is 12.5 Å². The molecule has 1 amide bonds. The lowest BCUT2D eigenvalue weighted by atomic mass is 10.1. The Balaban J connectivity index is 2.52. The second kappa shape index (κ2) is 10.1. The number of carbonyl (C=O) groups is 1. The molecule has 1 aromatic rings. The highest BCUT2D eigenvalue weighted by Crippen LogP contribution is 2.14. The molecule has 22 heavy (non-hydrogen) atoms. The fourth-order valence-corrected chi connectivity index (χ4v) is 1.95. The smallest absolute Gasteiger partial charge is 0.243 e. The molecule has 0 saturated heterocycles. The number of hydrogen-bond acceptors (Lipinski definition) is 2. The van der Waals surface area contributed by atoms with E-state index >= 15 is 0 Å². The van der Waals surface area contributed by atoms with Crippen molar-refractivity contribution >= 4 is 23.5 Å². The maximum Gasteiger partial charge on any atom is 0.243 e. The minimum absolute atomic E-state index is 0.0243. The number of likely N-dealkylation sites (N-methyl/N-ethyl adjacent to an activating group) is 1. The Morgan fingerprint density at radius 1 is 1.23 bits per heavy atom. The Hall–Kier alpha value is -1.75. The lowest BCUT2D eigenvalue weighted by Gasteiger charge is -2.13. The predicted molar refractivity (Wildman–Crippen MR) is 92.4 cm³/mol. The molecule has 0 radical (unpaired) electrons. The van der Waals surface area contributed by atoms with Crippen molar-refractivity contribution in [2.75, 3.05) is 33.7 Å². The first kappa shape index (κ1) is 18.3. The summed E-state index contributed by atoms with van der Waals surface area (Å²) in [5.41, 5.74) is 1.09. The number of nitrogens with zero attached hydrogens (tertiary/aromatic N) is 2. The van der Waals surface area contributed by atoms with Gasteiger partial charge in [-0.15, -0.1) is 0 Å². The van der Waals surface area contributed by atoms with Gasteiger partial charge in [0.2, 0.25) is 5.91 Å². The summed E-state index contributed by atoms with van der Waals surface area (Å²) >= 11 is 6.14. The topological polar surface area (TPSA) is 56.7 Å². The Morgan fingerprint density at radius 3 is 2.55 bits per heavy atom. The van der Waals surface area contributed by atoms with Crippen molar-refractivity contribution in [3.8, 4) is 0 Å². The lowest BCUT2D eigenvalue weighted by molar-refractivity contribution is -0.127. The Morgan fingerprint density at radius 2 is 1.91 bits per heavy atom. The third-order valence-electron chi connectivity index (χ3n) is 3.06. The van der Waals surface area contributed by atoms with Gasteiger partial charge < -0.3 is 15.5 Å². The van der Waals surface area contributed by atoms with E-state index in [0.29, 0.717) is 12.5 Å². The van der Waals surface area contributed by atoms with Gasteiger partial charge >= 0.3 is 0 Å². The molecular weight excluding hydrogens is 300 g/mol. The number of halogens is 1. The summed E-state index contributed by atoms with van der Waals surface area (Å²) < 4.78 is 0. The van der Waals surface area contributed by atoms with Gasteiger partial charge in [-0.25, -0.2) is 4.99 Å². The summed E-state index contributed by atoms with van der Waals surface area (Å²) in [5.74, 6) is 0.632. The molecule has 0 spiro atoms. The third-order valence-corrected chi connectivity index (χ3v) is 3.43. The molecule has 122 valence electrons. The van der Waals surface area contributed by atoms with Gasteiger partial charge in [0, 0.05) is 32.2 Å². The summed E-state index contributed by atoms with van der Waals surface area (Å²) in [6.07, 6.45) is 1.79. The molecule has 5 nitrogen and oxygen atoms in total. The van der Waals surface area contributed by atoms with Crippen molar-refractivity contribution in [1.29, 1.82) is 0 Å². The van der Waals surface area contributed by atoms with Crippen LogP contribution in [-0.2, 0) is 11.2 Å². The molecule has 0 aliphatic carbocycles. The number of guanidine groups is 1. The van der Waals surface area contributed by atoms with E-state index in [1.54, 1.807) is 14.1 Å². The molecule has 0 aliphatic heterocycles. The van der Waals surface area contributed by atoms with Crippen LogP contribution in [0.5, 0.6) is 0 Å². The standard InChI is InChI=1S/C16H25ClN4O/c1-4-10-18-16(20-12-15(22)21(2)3)19-11-9-13-7-5-6-8-14(13)17/h5-8H,4,9-12H2,1-3H3,(H2,18,19,20). The maximum absolute atomic E-state index is 11.6. The summed E-state index contributed by atoms with van der Waals surface area (Å²) in [6, 6.07) is 7.79. The van der Waals surface area contributed by atoms with Crippen molar-refractivity contribution in [3.05, 3.63) is 34.9 Å². The van der Waals surface area contributed by atoms with E-state index in [1.165, 1.54) is 4.90 Å². The zero-order valence-corrected chi connectivity index (χ0v) is 14.3. The van der Waals surface area contributed by atoms with Crippen molar-refractivity contribution in [2.24, 2.45) is 4.99 Å². The van der Waals surface area contributed by atoms with Gasteiger partial charge in [0.15, 0.2) is 5.96 Å². The van der Waals surface area contributed by atoms with E-state index in [1.807, 2.05) is 24.3 Å². The van der Waals surface area contributed by atoms with Crippen molar-refractivity contribution in [2.45, 2.75) is 19.8 Å². The zero-order chi connectivity index (χ0) is 16.4. The molecule has 0 aromatic heterocycles. The van der Waals surface area contributed by atoms with Crippen LogP contribution in [0.25, 0.3) is 0 Å². The number of nitrogens with one attached hydrogen (secondary N) is 2. The van der Waals surface area contributed by atoms with Gasteiger partial charge in [0.25, 0.3) is 0 Å². The van der Waals surface area contributed by atoms with Crippen molar-refractivity contribution < 1.29 is 4.79 Å². The molecule has 2 N–H and O–H groups in total. The van der Waals surface area contributed by atoms with Crippen LogP contribution in [0.1, 0.15) is 18.9 Å². The first-order chi connectivity index (χ1) is 10.5.